The molecule has 0 aliphatic rings. The molecule has 0 nitrogen and oxygen atoms in total. The van der Waals surface area contributed by atoms with Gasteiger partial charge < -0.3 is 0 Å². The summed E-state index contributed by atoms with van der Waals surface area (Å²) in [7, 11) is 0. The Morgan fingerprint density at radius 1 is 0.714 bits per heavy atom. The number of rotatable bonds is 9. The topological polar surface area (TPSA) is 0 Å². The van der Waals surface area contributed by atoms with Crippen LogP contribution in [0.25, 0.3) is 0 Å². The summed E-state index contributed by atoms with van der Waals surface area (Å²) in [4.78, 5) is 0. The first-order valence-electron chi connectivity index (χ1n) is 6.41. The molecule has 0 atom stereocenters. The van der Waals surface area contributed by atoms with Gasteiger partial charge in [0.25, 0.3) is 0 Å². The number of unbranched alkanes of at least 4 members (excludes halogenated alkanes) is 4. The second-order valence-corrected chi connectivity index (χ2v) is 12.6. The Kier molecular flexibility index (Phi) is 7.84. The maximum absolute atomic E-state index is 13.4. The number of alkyl halides is 7. The lowest BCUT2D eigenvalue weighted by molar-refractivity contribution is -0.166. The predicted molar refractivity (Wildman–Crippen MR) is 71.6 cm³/mol. The first-order chi connectivity index (χ1) is 9.21. The molecule has 0 amide bonds. The van der Waals surface area contributed by atoms with Crippen molar-refractivity contribution in [2.75, 3.05) is 0 Å². The summed E-state index contributed by atoms with van der Waals surface area (Å²) < 4.78 is 89.1. The van der Waals surface area contributed by atoms with E-state index in [4.69, 9.17) is 22.2 Å². The summed E-state index contributed by atoms with van der Waals surface area (Å²) in [6, 6.07) is 0. The van der Waals surface area contributed by atoms with Crippen LogP contribution in [0.2, 0.25) is 6.55 Å². The second kappa shape index (κ2) is 7.72. The van der Waals surface area contributed by atoms with E-state index in [1.165, 1.54) is 0 Å². The van der Waals surface area contributed by atoms with Crippen molar-refractivity contribution in [1.29, 1.82) is 0 Å². The van der Waals surface area contributed by atoms with Crippen LogP contribution in [0.15, 0.2) is 0 Å². The van der Waals surface area contributed by atoms with Crippen LogP contribution >= 0.6 is 22.2 Å². The molecule has 128 valence electrons. The quantitative estimate of drug-likeness (QED) is 0.182. The van der Waals surface area contributed by atoms with Crippen LogP contribution in [0, 0.1) is 0 Å². The predicted octanol–water partition coefficient (Wildman–Crippen LogP) is 6.64. The van der Waals surface area contributed by atoms with Gasteiger partial charge >= 0.3 is 24.3 Å². The molecule has 0 saturated heterocycles. The van der Waals surface area contributed by atoms with Crippen LogP contribution in [0.4, 0.5) is 30.7 Å². The minimum absolute atomic E-state index is 0.0929. The molecule has 0 aromatic rings. The normalized spacial score (nSPS) is 14.6. The molecule has 0 spiro atoms. The van der Waals surface area contributed by atoms with Crippen molar-refractivity contribution < 1.29 is 30.7 Å². The smallest absolute Gasteiger partial charge is 0.202 e. The van der Waals surface area contributed by atoms with E-state index in [-0.39, 0.29) is 32.1 Å². The highest BCUT2D eigenvalue weighted by Crippen LogP contribution is 2.47. The Bertz CT molecular complexity index is 313. The average Bonchev–Trinajstić information content (AvgIpc) is 2.24. The zero-order chi connectivity index (χ0) is 16.9. The Balaban J connectivity index is 4.02. The zero-order valence-electron chi connectivity index (χ0n) is 11.4. The molecule has 0 radical (unpaired) electrons. The summed E-state index contributed by atoms with van der Waals surface area (Å²) in [5.74, 6) is -4.30. The third-order valence-corrected chi connectivity index (χ3v) is 5.85. The van der Waals surface area contributed by atoms with Crippen LogP contribution < -0.4 is 0 Å². The Morgan fingerprint density at radius 3 is 1.48 bits per heavy atom. The van der Waals surface area contributed by atoms with Crippen LogP contribution in [0.5, 0.6) is 0 Å². The van der Waals surface area contributed by atoms with Gasteiger partial charge in [-0.15, -0.1) is 22.2 Å². The fraction of sp³-hybridized carbons (Fsp3) is 1.00. The van der Waals surface area contributed by atoms with Gasteiger partial charge in [0.1, 0.15) is 0 Å². The van der Waals surface area contributed by atoms with E-state index in [0.29, 0.717) is 0 Å². The lowest BCUT2D eigenvalue weighted by Crippen LogP contribution is -2.54. The molecule has 0 heterocycles. The van der Waals surface area contributed by atoms with Gasteiger partial charge in [0.2, 0.25) is 0 Å². The fourth-order valence-electron chi connectivity index (χ4n) is 1.68. The molecule has 0 aliphatic heterocycles. The lowest BCUT2D eigenvalue weighted by Gasteiger charge is -2.31. The molecular formula is C11H17Cl2F7Si. The minimum atomic E-state index is -4.45. The molecule has 0 N–H and O–H groups in total. The molecule has 0 saturated carbocycles. The van der Waals surface area contributed by atoms with Crippen LogP contribution in [-0.2, 0) is 0 Å². The molecular weight excluding hydrogens is 364 g/mol. The standard InChI is InChI=1S/C11H17Cl2F7Si/c1-21(12,13)11(19,20)9(14,15)7-5-3-2-4-6-8-10(16,17)18/h2-8H2,1H3. The van der Waals surface area contributed by atoms with E-state index in [1.807, 2.05) is 0 Å². The maximum atomic E-state index is 13.4. The van der Waals surface area contributed by atoms with Crippen LogP contribution in [-0.4, -0.2) is 24.3 Å². The zero-order valence-corrected chi connectivity index (χ0v) is 13.9. The molecule has 0 fully saturated rings. The van der Waals surface area contributed by atoms with Crippen molar-refractivity contribution in [2.45, 2.75) is 69.1 Å². The molecule has 0 aliphatic carbocycles. The fourth-order valence-corrected chi connectivity index (χ4v) is 3.28. The van der Waals surface area contributed by atoms with E-state index in [1.54, 1.807) is 0 Å². The number of hydrogen-bond acceptors (Lipinski definition) is 0. The van der Waals surface area contributed by atoms with E-state index >= 15 is 0 Å². The summed E-state index contributed by atoms with van der Waals surface area (Å²) in [5.41, 5.74) is -4.45. The molecule has 0 bridgehead atoms. The Morgan fingerprint density at radius 2 is 1.10 bits per heavy atom. The summed E-state index contributed by atoms with van der Waals surface area (Å²) in [6.07, 6.45) is -5.88. The Labute approximate surface area is 129 Å². The van der Waals surface area contributed by atoms with Crippen LogP contribution in [0.3, 0.4) is 0 Å². The molecule has 0 rings (SSSR count). The minimum Gasteiger partial charge on any atom is -0.202 e. The number of halogens is 9. The van der Waals surface area contributed by atoms with Crippen LogP contribution in [0.1, 0.15) is 44.9 Å². The molecule has 0 aromatic heterocycles. The first-order valence-corrected chi connectivity index (χ1v) is 10.9. The maximum Gasteiger partial charge on any atom is 0.389 e. The van der Waals surface area contributed by atoms with Gasteiger partial charge in [-0.3, -0.25) is 0 Å². The molecule has 10 heteroatoms. The SMILES string of the molecule is C[Si](Cl)(Cl)C(F)(F)C(F)(F)CCCCCCCC(F)(F)F. The van der Waals surface area contributed by atoms with Gasteiger partial charge in [-0.2, -0.15) is 13.2 Å². The molecule has 21 heavy (non-hydrogen) atoms. The van der Waals surface area contributed by atoms with Gasteiger partial charge in [-0.1, -0.05) is 19.3 Å². The summed E-state index contributed by atoms with van der Waals surface area (Å²) in [6.45, 7) is -3.66. The van der Waals surface area contributed by atoms with E-state index in [2.05, 4.69) is 0 Å². The summed E-state index contributed by atoms with van der Waals surface area (Å²) in [5, 5.41) is 0. The lowest BCUT2D eigenvalue weighted by atomic mass is 10.1. The van der Waals surface area contributed by atoms with Crippen molar-refractivity contribution in [3.63, 3.8) is 0 Å². The largest absolute Gasteiger partial charge is 0.389 e. The first kappa shape index (κ1) is 21.3. The number of hydrogen-bond donors (Lipinski definition) is 0. The third kappa shape index (κ3) is 7.41. The van der Waals surface area contributed by atoms with Gasteiger partial charge in [0, 0.05) is 12.8 Å². The second-order valence-electron chi connectivity index (χ2n) is 5.05. The highest BCUT2D eigenvalue weighted by atomic mass is 35.7. The summed E-state index contributed by atoms with van der Waals surface area (Å²) >= 11 is 10.4. The molecule has 0 aromatic carbocycles. The highest BCUT2D eigenvalue weighted by molar-refractivity contribution is 7.46. The van der Waals surface area contributed by atoms with Crippen molar-refractivity contribution in [1.82, 2.24) is 0 Å². The monoisotopic (exact) mass is 380 g/mol. The van der Waals surface area contributed by atoms with Gasteiger partial charge in [0.15, 0.2) is 0 Å². The van der Waals surface area contributed by atoms with Gasteiger partial charge in [-0.25, -0.2) is 17.6 Å². The Hall–Kier alpha value is 0.307. The molecule has 0 unspecified atom stereocenters. The van der Waals surface area contributed by atoms with Crippen molar-refractivity contribution in [3.05, 3.63) is 0 Å². The highest BCUT2D eigenvalue weighted by Gasteiger charge is 2.67. The third-order valence-electron chi connectivity index (χ3n) is 2.96. The van der Waals surface area contributed by atoms with Crippen molar-refractivity contribution >= 4 is 28.9 Å². The van der Waals surface area contributed by atoms with Gasteiger partial charge in [-0.05, 0) is 19.4 Å². The van der Waals surface area contributed by atoms with E-state index in [0.717, 1.165) is 6.55 Å². The van der Waals surface area contributed by atoms with E-state index < -0.39 is 37.2 Å². The van der Waals surface area contributed by atoms with Crippen molar-refractivity contribution in [3.8, 4) is 0 Å². The van der Waals surface area contributed by atoms with E-state index in [9.17, 15) is 30.7 Å². The average molecular weight is 381 g/mol. The van der Waals surface area contributed by atoms with Gasteiger partial charge in [0.05, 0.1) is 0 Å². The van der Waals surface area contributed by atoms with Crippen molar-refractivity contribution in [2.24, 2.45) is 0 Å².